The van der Waals surface area contributed by atoms with Gasteiger partial charge in [-0.3, -0.25) is 67.1 Å². The fourth-order valence-electron chi connectivity index (χ4n) is 8.91. The quantitative estimate of drug-likeness (QED) is 0.0470. The summed E-state index contributed by atoms with van der Waals surface area (Å²) in [4.78, 5) is 213. The van der Waals surface area contributed by atoms with Gasteiger partial charge in [0, 0.05) is 31.4 Å². The Hall–Kier alpha value is -9.74. The summed E-state index contributed by atoms with van der Waals surface area (Å²) in [7, 11) is 0. The molecule has 2 aromatic carbocycles. The van der Waals surface area contributed by atoms with Crippen molar-refractivity contribution in [3.05, 3.63) is 59.7 Å². The van der Waals surface area contributed by atoms with Crippen LogP contribution in [-0.2, 0) is 89.6 Å². The maximum atomic E-state index is 14.4. The summed E-state index contributed by atoms with van der Waals surface area (Å²) in [6.45, 7) is 5.43. The lowest BCUT2D eigenvalue weighted by atomic mass is 10.0. The van der Waals surface area contributed by atoms with Crippen LogP contribution in [0, 0.1) is 11.8 Å². The highest BCUT2D eigenvalue weighted by atomic mass is 32.2. The number of thioether (sulfide) groups is 2. The van der Waals surface area contributed by atoms with Gasteiger partial charge in [-0.05, 0) is 84.9 Å². The van der Waals surface area contributed by atoms with Gasteiger partial charge < -0.3 is 94.9 Å². The molecule has 0 spiro atoms. The second kappa shape index (κ2) is 39.0. The number of rotatable bonds is 23. The molecule has 0 radical (unpaired) electrons. The smallest absolute Gasteiger partial charge is 0.356 e. The van der Waals surface area contributed by atoms with Gasteiger partial charge in [0.25, 0.3) is 6.10 Å². The molecule has 94 heavy (non-hydrogen) atoms. The highest BCUT2D eigenvalue weighted by molar-refractivity contribution is 8.00. The van der Waals surface area contributed by atoms with Crippen LogP contribution in [0.5, 0.6) is 11.5 Å². The van der Waals surface area contributed by atoms with Gasteiger partial charge >= 0.3 is 23.9 Å². The fourth-order valence-corrected chi connectivity index (χ4v) is 10.2. The maximum Gasteiger partial charge on any atom is 0.356 e. The van der Waals surface area contributed by atoms with Gasteiger partial charge in [0.15, 0.2) is 0 Å². The van der Waals surface area contributed by atoms with Crippen LogP contribution in [0.1, 0.15) is 83.8 Å². The average molecular weight is 1360 g/mol. The number of carbonyl (C=O) groups excluding carboxylic acids is 12. The summed E-state index contributed by atoms with van der Waals surface area (Å²) in [5.74, 6) is -22.0. The number of carbonyl (C=O) groups is 16. The zero-order valence-corrected chi connectivity index (χ0v) is 53.5. The lowest BCUT2D eigenvalue weighted by Crippen LogP contribution is -2.60. The number of hydrogen-bond donors (Lipinski definition) is 17. The fraction of sp³-hybridized carbons (Fsp3) is 0.517. The molecule has 3 rings (SSSR count). The summed E-state index contributed by atoms with van der Waals surface area (Å²) in [5, 5.41) is 72.1. The van der Waals surface area contributed by atoms with Gasteiger partial charge in [-0.1, -0.05) is 52.0 Å². The molecule has 12 amide bonds. The van der Waals surface area contributed by atoms with E-state index >= 15 is 0 Å². The van der Waals surface area contributed by atoms with Crippen molar-refractivity contribution in [3.8, 4) is 11.5 Å². The molecule has 0 bridgehead atoms. The van der Waals surface area contributed by atoms with Crippen LogP contribution in [0.15, 0.2) is 48.5 Å². The first-order valence-electron chi connectivity index (χ1n) is 29.2. The molecule has 2 aromatic rings. The molecule has 0 aromatic heterocycles. The minimum atomic E-state index is -2.33. The standard InChI is InChI=1S/C58H80N12O22S2/c1-27(2)20-36-52(83)69-40(48(60)79)25-94-26-43(74)63-37(21-30-8-12-32(13-9-30)92-47(57(88)89)58(90)91)53(84)64-34(15-17-45(77)78)50(81)68-39(23-41(59)72)55(86)70-46(28(3)4)56(87)61-24-42(73)62-35(18-19-93-5)51(82)67-38(22-29-6-10-31(71)11-7-29)54(85)65-33(49(80)66-36)14-16-44(75)76/h6-13,27-28,33-40,46-47,71H,14-26H2,1-5H3,(H2,59,72)(H2,60,79)(H,61,87)(H,62,73)(H,63,74)(H,64,84)(H,65,85)(H,66,80)(H,67,82)(H,68,81)(H,69,83)(H,70,86)(H,75,76)(H,77,78)(H,88,89)(H,90,91)/t33-,34-,35-,36-,37-,38-,39-,40-,46-/m0/s1. The summed E-state index contributed by atoms with van der Waals surface area (Å²) in [6.07, 6.45) is -5.40. The number of nitrogens with two attached hydrogens (primary N) is 2. The lowest BCUT2D eigenvalue weighted by Gasteiger charge is -2.27. The summed E-state index contributed by atoms with van der Waals surface area (Å²) < 4.78 is 5.05. The molecule has 19 N–H and O–H groups in total. The number of carboxylic acid groups (broad SMARTS) is 4. The monoisotopic (exact) mass is 1360 g/mol. The van der Waals surface area contributed by atoms with Crippen LogP contribution in [-0.4, -0.2) is 211 Å². The number of carboxylic acids is 4. The zero-order chi connectivity index (χ0) is 70.5. The Balaban J connectivity index is 2.21. The first-order valence-corrected chi connectivity index (χ1v) is 31.8. The molecular formula is C58H80N12O22S2. The Bertz CT molecular complexity index is 3070. The predicted octanol–water partition coefficient (Wildman–Crippen LogP) is -4.13. The number of primary amides is 2. The van der Waals surface area contributed by atoms with Gasteiger partial charge in [-0.15, -0.1) is 11.8 Å². The minimum Gasteiger partial charge on any atom is -0.508 e. The Morgan fingerprint density at radius 1 is 0.553 bits per heavy atom. The number of nitrogens with one attached hydrogen (secondary N) is 10. The largest absolute Gasteiger partial charge is 0.508 e. The van der Waals surface area contributed by atoms with Crippen LogP contribution < -0.4 is 69.4 Å². The van der Waals surface area contributed by atoms with E-state index in [1.165, 1.54) is 62.0 Å². The van der Waals surface area contributed by atoms with E-state index in [-0.39, 0.29) is 48.0 Å². The van der Waals surface area contributed by atoms with E-state index in [1.54, 1.807) is 20.1 Å². The number of ether oxygens (including phenoxy) is 1. The molecule has 1 saturated heterocycles. The molecule has 0 saturated carbocycles. The first kappa shape index (κ1) is 78.5. The Kier molecular flexibility index (Phi) is 32.5. The Morgan fingerprint density at radius 2 is 0.989 bits per heavy atom. The highest BCUT2D eigenvalue weighted by Gasteiger charge is 2.37. The normalized spacial score (nSPS) is 22.5. The van der Waals surface area contributed by atoms with E-state index in [9.17, 15) is 102 Å². The van der Waals surface area contributed by atoms with E-state index in [0.717, 1.165) is 12.1 Å². The molecule has 1 fully saturated rings. The third-order valence-electron chi connectivity index (χ3n) is 13.8. The molecule has 1 aliphatic heterocycles. The second-order valence-electron chi connectivity index (χ2n) is 22.3. The van der Waals surface area contributed by atoms with E-state index in [0.29, 0.717) is 17.3 Å². The van der Waals surface area contributed by atoms with E-state index in [4.69, 9.17) is 16.2 Å². The Morgan fingerprint density at radius 3 is 1.46 bits per heavy atom. The Labute approximate surface area is 546 Å². The third kappa shape index (κ3) is 28.0. The van der Waals surface area contributed by atoms with E-state index in [1.807, 2.05) is 0 Å². The van der Waals surface area contributed by atoms with Crippen molar-refractivity contribution >= 4 is 118 Å². The lowest BCUT2D eigenvalue weighted by molar-refractivity contribution is -0.159. The van der Waals surface area contributed by atoms with Crippen molar-refractivity contribution in [2.24, 2.45) is 23.3 Å². The van der Waals surface area contributed by atoms with Gasteiger partial charge in [-0.2, -0.15) is 11.8 Å². The molecule has 36 heteroatoms. The van der Waals surface area contributed by atoms with Crippen LogP contribution in [0.4, 0.5) is 0 Å². The first-order chi connectivity index (χ1) is 44.2. The van der Waals surface area contributed by atoms with Crippen molar-refractivity contribution in [2.75, 3.05) is 30.1 Å². The van der Waals surface area contributed by atoms with Gasteiger partial charge in [-0.25, -0.2) is 9.59 Å². The SMILES string of the molecule is CSCC[C@@H]1NC(=O)CNC(=O)[C@H](C(C)C)NC(=O)[C@H](CC(N)=O)NC(=O)[C@H](CCC(=O)O)NC(=O)[C@H](Cc2ccc(OC(C(=O)O)C(=O)O)cc2)NC(=O)CSC[C@@H](C(N)=O)NC(=O)[C@H](CC(C)C)NC(=O)[C@H](CCC(=O)O)NC(=O)[C@H](Cc2ccc(O)cc2)NC1=O. The predicted molar refractivity (Wildman–Crippen MR) is 333 cm³/mol. The summed E-state index contributed by atoms with van der Waals surface area (Å²) in [6, 6.07) is -4.77. The number of phenols is 1. The highest BCUT2D eigenvalue weighted by Crippen LogP contribution is 2.18. The van der Waals surface area contributed by atoms with Crippen molar-refractivity contribution < 1.29 is 107 Å². The molecular weight excluding hydrogens is 1280 g/mol. The average Bonchev–Trinajstić information content (AvgIpc) is 0.972. The minimum absolute atomic E-state index is 0.0743. The third-order valence-corrected chi connectivity index (χ3v) is 15.5. The molecule has 9 atom stereocenters. The van der Waals surface area contributed by atoms with Crippen molar-refractivity contribution in [1.82, 2.24) is 53.2 Å². The molecule has 1 aliphatic rings. The van der Waals surface area contributed by atoms with Gasteiger partial charge in [0.1, 0.15) is 65.9 Å². The number of aliphatic carboxylic acids is 4. The van der Waals surface area contributed by atoms with Crippen molar-refractivity contribution in [2.45, 2.75) is 146 Å². The van der Waals surface area contributed by atoms with Crippen LogP contribution in [0.25, 0.3) is 0 Å². The topological polar surface area (TPSA) is 556 Å². The number of aromatic hydroxyl groups is 1. The summed E-state index contributed by atoms with van der Waals surface area (Å²) in [5.41, 5.74) is 11.7. The molecule has 0 unspecified atom stereocenters. The summed E-state index contributed by atoms with van der Waals surface area (Å²) >= 11 is 1.95. The van der Waals surface area contributed by atoms with Gasteiger partial charge in [0.2, 0.25) is 70.9 Å². The second-order valence-corrected chi connectivity index (χ2v) is 24.3. The van der Waals surface area contributed by atoms with Crippen molar-refractivity contribution in [1.29, 1.82) is 0 Å². The molecule has 1 heterocycles. The number of amides is 12. The number of benzene rings is 2. The number of hydrogen-bond acceptors (Lipinski definition) is 20. The van der Waals surface area contributed by atoms with Crippen LogP contribution in [0.3, 0.4) is 0 Å². The molecule has 34 nitrogen and oxygen atoms in total. The van der Waals surface area contributed by atoms with Gasteiger partial charge in [0.05, 0.1) is 18.7 Å². The zero-order valence-electron chi connectivity index (χ0n) is 51.9. The van der Waals surface area contributed by atoms with Crippen LogP contribution >= 0.6 is 23.5 Å². The van der Waals surface area contributed by atoms with Crippen LogP contribution in [0.2, 0.25) is 0 Å². The molecule has 0 aliphatic carbocycles. The van der Waals surface area contributed by atoms with E-state index in [2.05, 4.69) is 53.2 Å². The molecule has 516 valence electrons. The van der Waals surface area contributed by atoms with Crippen molar-refractivity contribution in [3.63, 3.8) is 0 Å². The number of phenolic OH excluding ortho intramolecular Hbond substituents is 1. The maximum absolute atomic E-state index is 14.4. The van der Waals surface area contributed by atoms with E-state index < -0.39 is 218 Å².